The molecular formula is C17H27N5O2. The van der Waals surface area contributed by atoms with Crippen LogP contribution < -0.4 is 10.5 Å². The number of aryl methyl sites for hydroxylation is 1. The molecule has 7 heteroatoms. The fourth-order valence-electron chi connectivity index (χ4n) is 3.18. The summed E-state index contributed by atoms with van der Waals surface area (Å²) in [7, 11) is 1.87. The first-order valence-corrected chi connectivity index (χ1v) is 8.73. The molecule has 1 aliphatic carbocycles. The molecule has 0 atom stereocenters. The molecule has 0 spiro atoms. The number of aromatic nitrogens is 2. The monoisotopic (exact) mass is 333 g/mol. The van der Waals surface area contributed by atoms with Crippen molar-refractivity contribution in [3.63, 3.8) is 0 Å². The number of amides is 1. The van der Waals surface area contributed by atoms with Crippen molar-refractivity contribution < 1.29 is 9.53 Å². The van der Waals surface area contributed by atoms with Crippen LogP contribution in [0, 0.1) is 12.8 Å². The lowest BCUT2D eigenvalue weighted by molar-refractivity contribution is -0.135. The van der Waals surface area contributed by atoms with Gasteiger partial charge in [-0.1, -0.05) is 0 Å². The maximum absolute atomic E-state index is 12.4. The highest BCUT2D eigenvalue weighted by Gasteiger charge is 2.29. The fraction of sp³-hybridized carbons (Fsp3) is 0.706. The average Bonchev–Trinajstić information content (AvgIpc) is 3.39. The highest BCUT2D eigenvalue weighted by atomic mass is 16.5. The van der Waals surface area contributed by atoms with Gasteiger partial charge in [0.15, 0.2) is 6.61 Å². The zero-order chi connectivity index (χ0) is 17.1. The molecule has 1 amide bonds. The summed E-state index contributed by atoms with van der Waals surface area (Å²) in [5.74, 6) is 1.44. The predicted molar refractivity (Wildman–Crippen MR) is 91.6 cm³/mol. The van der Waals surface area contributed by atoms with E-state index < -0.39 is 0 Å². The molecule has 0 unspecified atom stereocenters. The highest BCUT2D eigenvalue weighted by Crippen LogP contribution is 2.30. The molecule has 0 aromatic carbocycles. The Labute approximate surface area is 143 Å². The van der Waals surface area contributed by atoms with Crippen molar-refractivity contribution >= 4 is 11.9 Å². The molecule has 0 radical (unpaired) electrons. The van der Waals surface area contributed by atoms with Gasteiger partial charge in [0, 0.05) is 44.5 Å². The average molecular weight is 333 g/mol. The summed E-state index contributed by atoms with van der Waals surface area (Å²) in [5, 5.41) is 0. The van der Waals surface area contributed by atoms with Crippen LogP contribution in [0.4, 0.5) is 5.95 Å². The van der Waals surface area contributed by atoms with E-state index >= 15 is 0 Å². The lowest BCUT2D eigenvalue weighted by Crippen LogP contribution is -2.47. The molecule has 1 aliphatic heterocycles. The van der Waals surface area contributed by atoms with Gasteiger partial charge in [0.05, 0.1) is 0 Å². The Kier molecular flexibility index (Phi) is 5.18. The SMILES string of the molecule is Cc1cnc(N)nc1OCC(=O)N(C)C1CCN(CC2CC2)CC1. The van der Waals surface area contributed by atoms with Gasteiger partial charge in [-0.25, -0.2) is 4.98 Å². The molecule has 2 N–H and O–H groups in total. The van der Waals surface area contributed by atoms with Gasteiger partial charge in [-0.3, -0.25) is 4.79 Å². The van der Waals surface area contributed by atoms with Gasteiger partial charge in [0.2, 0.25) is 11.8 Å². The Morgan fingerprint density at radius 1 is 1.38 bits per heavy atom. The van der Waals surface area contributed by atoms with E-state index in [9.17, 15) is 4.79 Å². The van der Waals surface area contributed by atoms with Crippen molar-refractivity contribution in [2.75, 3.05) is 39.0 Å². The minimum Gasteiger partial charge on any atom is -0.467 e. The van der Waals surface area contributed by atoms with Crippen molar-refractivity contribution in [3.8, 4) is 5.88 Å². The summed E-state index contributed by atoms with van der Waals surface area (Å²) in [5.41, 5.74) is 6.33. The van der Waals surface area contributed by atoms with Gasteiger partial charge in [0.25, 0.3) is 5.91 Å². The maximum atomic E-state index is 12.4. The normalized spacial score (nSPS) is 19.2. The van der Waals surface area contributed by atoms with E-state index in [-0.39, 0.29) is 18.5 Å². The summed E-state index contributed by atoms with van der Waals surface area (Å²) in [6.45, 7) is 5.22. The Morgan fingerprint density at radius 3 is 2.75 bits per heavy atom. The Balaban J connectivity index is 1.45. The van der Waals surface area contributed by atoms with Gasteiger partial charge < -0.3 is 20.3 Å². The minimum atomic E-state index is -0.0211. The highest BCUT2D eigenvalue weighted by molar-refractivity contribution is 5.77. The quantitative estimate of drug-likeness (QED) is 0.838. The van der Waals surface area contributed by atoms with E-state index in [1.807, 2.05) is 18.9 Å². The molecular weight excluding hydrogens is 306 g/mol. The van der Waals surface area contributed by atoms with Crippen LogP contribution >= 0.6 is 0 Å². The van der Waals surface area contributed by atoms with E-state index in [0.29, 0.717) is 11.9 Å². The first kappa shape index (κ1) is 17.0. The zero-order valence-electron chi connectivity index (χ0n) is 14.6. The van der Waals surface area contributed by atoms with Crippen LogP contribution in [0.3, 0.4) is 0 Å². The molecule has 0 bridgehead atoms. The second-order valence-electron chi connectivity index (χ2n) is 6.98. The molecule has 3 rings (SSSR count). The van der Waals surface area contributed by atoms with Crippen molar-refractivity contribution in [1.29, 1.82) is 0 Å². The van der Waals surface area contributed by atoms with Crippen molar-refractivity contribution in [3.05, 3.63) is 11.8 Å². The molecule has 1 saturated carbocycles. The number of carbonyl (C=O) groups excluding carboxylic acids is 1. The zero-order valence-corrected chi connectivity index (χ0v) is 14.6. The van der Waals surface area contributed by atoms with Gasteiger partial charge in [-0.2, -0.15) is 4.98 Å². The summed E-state index contributed by atoms with van der Waals surface area (Å²) < 4.78 is 5.54. The van der Waals surface area contributed by atoms with Gasteiger partial charge in [-0.05, 0) is 38.5 Å². The number of nitrogens with two attached hydrogens (primary N) is 1. The number of hydrogen-bond donors (Lipinski definition) is 1. The molecule has 7 nitrogen and oxygen atoms in total. The van der Waals surface area contributed by atoms with Crippen molar-refractivity contribution in [2.45, 2.75) is 38.6 Å². The molecule has 2 aliphatic rings. The molecule has 2 heterocycles. The first-order valence-electron chi connectivity index (χ1n) is 8.73. The summed E-state index contributed by atoms with van der Waals surface area (Å²) in [4.78, 5) is 24.7. The summed E-state index contributed by atoms with van der Waals surface area (Å²) in [6.07, 6.45) is 6.45. The number of ether oxygens (including phenoxy) is 1. The maximum Gasteiger partial charge on any atom is 0.260 e. The smallest absolute Gasteiger partial charge is 0.260 e. The topological polar surface area (TPSA) is 84.6 Å². The Hall–Kier alpha value is -1.89. The van der Waals surface area contributed by atoms with Crippen LogP contribution in [0.25, 0.3) is 0 Å². The van der Waals surface area contributed by atoms with Crippen LogP contribution in [0.1, 0.15) is 31.2 Å². The molecule has 1 aromatic rings. The largest absolute Gasteiger partial charge is 0.467 e. The number of likely N-dealkylation sites (N-methyl/N-ethyl adjacent to an activating group) is 1. The van der Waals surface area contributed by atoms with Crippen molar-refractivity contribution in [2.24, 2.45) is 5.92 Å². The third-order valence-electron chi connectivity index (χ3n) is 4.99. The van der Waals surface area contributed by atoms with Crippen molar-refractivity contribution in [1.82, 2.24) is 19.8 Å². The molecule has 1 aromatic heterocycles. The number of nitrogens with zero attached hydrogens (tertiary/aromatic N) is 4. The molecule has 2 fully saturated rings. The minimum absolute atomic E-state index is 0.0178. The van der Waals surface area contributed by atoms with Gasteiger partial charge >= 0.3 is 0 Å². The van der Waals surface area contributed by atoms with Gasteiger partial charge in [-0.15, -0.1) is 0 Å². The number of piperidine rings is 1. The van der Waals surface area contributed by atoms with E-state index in [1.54, 1.807) is 6.20 Å². The van der Waals surface area contributed by atoms with Crippen LogP contribution in [0.2, 0.25) is 0 Å². The molecule has 24 heavy (non-hydrogen) atoms. The number of likely N-dealkylation sites (tertiary alicyclic amines) is 1. The van der Waals surface area contributed by atoms with Crippen LogP contribution in [0.15, 0.2) is 6.20 Å². The Morgan fingerprint density at radius 2 is 2.08 bits per heavy atom. The molecule has 1 saturated heterocycles. The third-order valence-corrected chi connectivity index (χ3v) is 4.99. The van der Waals surface area contributed by atoms with E-state index in [2.05, 4.69) is 14.9 Å². The third kappa shape index (κ3) is 4.35. The predicted octanol–water partition coefficient (Wildman–Crippen LogP) is 1.08. The number of hydrogen-bond acceptors (Lipinski definition) is 6. The van der Waals surface area contributed by atoms with E-state index in [1.165, 1.54) is 19.4 Å². The second-order valence-corrected chi connectivity index (χ2v) is 6.98. The summed E-state index contributed by atoms with van der Waals surface area (Å²) >= 11 is 0. The summed E-state index contributed by atoms with van der Waals surface area (Å²) in [6, 6.07) is 0.299. The first-order chi connectivity index (χ1) is 11.5. The van der Waals surface area contributed by atoms with Crippen LogP contribution in [-0.4, -0.2) is 65.0 Å². The van der Waals surface area contributed by atoms with Crippen LogP contribution in [-0.2, 0) is 4.79 Å². The fourth-order valence-corrected chi connectivity index (χ4v) is 3.18. The van der Waals surface area contributed by atoms with E-state index in [0.717, 1.165) is 37.4 Å². The second kappa shape index (κ2) is 7.34. The number of carbonyl (C=O) groups is 1. The lowest BCUT2D eigenvalue weighted by atomic mass is 10.0. The number of rotatable bonds is 6. The number of anilines is 1. The van der Waals surface area contributed by atoms with Gasteiger partial charge in [0.1, 0.15) is 0 Å². The lowest BCUT2D eigenvalue weighted by Gasteiger charge is -2.36. The number of nitrogen functional groups attached to an aromatic ring is 1. The Bertz CT molecular complexity index is 582. The standard InChI is InChI=1S/C17H27N5O2/c1-12-9-19-17(18)20-16(12)24-11-15(23)21(2)14-5-7-22(8-6-14)10-13-3-4-13/h9,13-14H,3-8,10-11H2,1-2H3,(H2,18,19,20). The van der Waals surface area contributed by atoms with E-state index in [4.69, 9.17) is 10.5 Å². The van der Waals surface area contributed by atoms with Crippen LogP contribution in [0.5, 0.6) is 5.88 Å². The molecule has 132 valence electrons.